The van der Waals surface area contributed by atoms with Gasteiger partial charge in [0.15, 0.2) is 0 Å². The fourth-order valence-corrected chi connectivity index (χ4v) is 3.94. The van der Waals surface area contributed by atoms with Gasteiger partial charge in [-0.2, -0.15) is 0 Å². The maximum atomic E-state index is 12.5. The Labute approximate surface area is 165 Å². The number of thioether (sulfide) groups is 1. The first-order chi connectivity index (χ1) is 12.9. The molecule has 8 heteroatoms. The van der Waals surface area contributed by atoms with Crippen LogP contribution in [-0.4, -0.2) is 38.3 Å². The number of halogens is 1. The molecule has 1 saturated heterocycles. The molecule has 27 heavy (non-hydrogen) atoms. The number of carbonyl (C=O) groups is 3. The van der Waals surface area contributed by atoms with Gasteiger partial charge in [0, 0.05) is 12.2 Å². The maximum absolute atomic E-state index is 12.5. The van der Waals surface area contributed by atoms with Gasteiger partial charge >= 0.3 is 5.97 Å². The number of nitrogens with zero attached hydrogens (tertiary/aromatic N) is 2. The number of benzene rings is 1. The van der Waals surface area contributed by atoms with Gasteiger partial charge in [-0.05, 0) is 44.0 Å². The number of para-hydroxylation sites is 1. The van der Waals surface area contributed by atoms with E-state index in [1.54, 1.807) is 38.1 Å². The number of aromatic nitrogens is 1. The first-order valence-electron chi connectivity index (χ1n) is 8.32. The van der Waals surface area contributed by atoms with E-state index in [1.807, 2.05) is 0 Å². The lowest BCUT2D eigenvalue weighted by molar-refractivity contribution is -0.127. The van der Waals surface area contributed by atoms with Crippen molar-refractivity contribution in [3.63, 3.8) is 0 Å². The summed E-state index contributed by atoms with van der Waals surface area (Å²) in [5, 5.41) is -0.498. The lowest BCUT2D eigenvalue weighted by atomic mass is 10.1. The Morgan fingerprint density at radius 3 is 2.63 bits per heavy atom. The van der Waals surface area contributed by atoms with Crippen LogP contribution in [-0.2, 0) is 11.2 Å². The van der Waals surface area contributed by atoms with Crippen molar-refractivity contribution in [1.82, 2.24) is 9.88 Å². The molecular weight excluding hydrogens is 388 g/mol. The lowest BCUT2D eigenvalue weighted by Crippen LogP contribution is -2.37. The largest absolute Gasteiger partial charge is 0.423 e. The number of ether oxygens (including phenoxy) is 1. The molecule has 2 heterocycles. The van der Waals surface area contributed by atoms with E-state index in [0.717, 1.165) is 11.8 Å². The van der Waals surface area contributed by atoms with E-state index in [2.05, 4.69) is 4.98 Å². The molecule has 1 aliphatic rings. The van der Waals surface area contributed by atoms with Gasteiger partial charge in [-0.1, -0.05) is 41.6 Å². The summed E-state index contributed by atoms with van der Waals surface area (Å²) in [4.78, 5) is 42.0. The Kier molecular flexibility index (Phi) is 5.82. The summed E-state index contributed by atoms with van der Waals surface area (Å²) in [7, 11) is 0. The normalized spacial score (nSPS) is 16.9. The molecule has 0 radical (unpaired) electrons. The molecule has 1 atom stereocenters. The molecule has 0 aliphatic carbocycles. The Morgan fingerprint density at radius 2 is 2.00 bits per heavy atom. The van der Waals surface area contributed by atoms with E-state index in [9.17, 15) is 14.4 Å². The standard InChI is InChI=1S/C19H17ClN2O4S/c1-11(2)22-17(23)15(27-19(22)25)9-12-5-3-4-6-14(12)26-18(24)13-7-8-16(20)21-10-13/h3-8,10-11,15H,9H2,1-2H3. The molecule has 1 fully saturated rings. The summed E-state index contributed by atoms with van der Waals surface area (Å²) < 4.78 is 5.48. The fourth-order valence-electron chi connectivity index (χ4n) is 2.70. The van der Waals surface area contributed by atoms with Crippen molar-refractivity contribution in [2.45, 2.75) is 31.6 Å². The van der Waals surface area contributed by atoms with Crippen molar-refractivity contribution in [3.05, 3.63) is 58.9 Å². The number of hydrogen-bond acceptors (Lipinski definition) is 6. The monoisotopic (exact) mass is 404 g/mol. The van der Waals surface area contributed by atoms with Crippen LogP contribution in [0.4, 0.5) is 4.79 Å². The number of rotatable bonds is 5. The Balaban J connectivity index is 1.77. The van der Waals surface area contributed by atoms with E-state index in [-0.39, 0.29) is 27.9 Å². The van der Waals surface area contributed by atoms with Gasteiger partial charge in [0.1, 0.15) is 10.9 Å². The molecule has 6 nitrogen and oxygen atoms in total. The molecule has 1 aromatic carbocycles. The summed E-state index contributed by atoms with van der Waals surface area (Å²) in [5.41, 5.74) is 0.943. The first-order valence-corrected chi connectivity index (χ1v) is 9.58. The highest BCUT2D eigenvalue weighted by Crippen LogP contribution is 2.33. The molecule has 0 bridgehead atoms. The molecule has 0 spiro atoms. The molecule has 2 amide bonds. The van der Waals surface area contributed by atoms with Crippen LogP contribution in [0.25, 0.3) is 0 Å². The van der Waals surface area contributed by atoms with Crippen LogP contribution in [0, 0.1) is 0 Å². The Morgan fingerprint density at radius 1 is 1.26 bits per heavy atom. The van der Waals surface area contributed by atoms with Gasteiger partial charge in [-0.3, -0.25) is 14.5 Å². The average Bonchev–Trinajstić information content (AvgIpc) is 2.90. The first kappa shape index (κ1) is 19.4. The minimum atomic E-state index is -0.572. The van der Waals surface area contributed by atoms with Gasteiger partial charge in [-0.15, -0.1) is 0 Å². The zero-order valence-corrected chi connectivity index (χ0v) is 16.3. The molecular formula is C19H17ClN2O4S. The van der Waals surface area contributed by atoms with Crippen LogP contribution in [0.2, 0.25) is 5.15 Å². The number of carbonyl (C=O) groups excluding carboxylic acids is 3. The van der Waals surface area contributed by atoms with Crippen LogP contribution < -0.4 is 4.74 Å². The van der Waals surface area contributed by atoms with Gasteiger partial charge in [0.2, 0.25) is 5.91 Å². The number of amides is 2. The lowest BCUT2D eigenvalue weighted by Gasteiger charge is -2.18. The van der Waals surface area contributed by atoms with Crippen LogP contribution in [0.1, 0.15) is 29.8 Å². The van der Waals surface area contributed by atoms with Crippen molar-refractivity contribution in [2.75, 3.05) is 0 Å². The quantitative estimate of drug-likeness (QED) is 0.426. The molecule has 3 rings (SSSR count). The van der Waals surface area contributed by atoms with E-state index in [0.29, 0.717) is 17.7 Å². The van der Waals surface area contributed by atoms with Gasteiger partial charge < -0.3 is 4.74 Å². The minimum absolute atomic E-state index is 0.187. The number of hydrogen-bond donors (Lipinski definition) is 0. The zero-order valence-electron chi connectivity index (χ0n) is 14.7. The summed E-state index contributed by atoms with van der Waals surface area (Å²) in [5.74, 6) is -0.443. The van der Waals surface area contributed by atoms with Gasteiger partial charge in [0.25, 0.3) is 5.24 Å². The van der Waals surface area contributed by atoms with E-state index in [1.165, 1.54) is 23.2 Å². The van der Waals surface area contributed by atoms with Gasteiger partial charge in [-0.25, -0.2) is 9.78 Å². The SMILES string of the molecule is CC(C)N1C(=O)SC(Cc2ccccc2OC(=O)c2ccc(Cl)nc2)C1=O. The number of esters is 1. The van der Waals surface area contributed by atoms with E-state index >= 15 is 0 Å². The number of pyridine rings is 1. The molecule has 1 aromatic heterocycles. The van der Waals surface area contributed by atoms with Crippen molar-refractivity contribution in [3.8, 4) is 5.75 Å². The third kappa shape index (κ3) is 4.31. The second kappa shape index (κ2) is 8.10. The highest BCUT2D eigenvalue weighted by atomic mass is 35.5. The smallest absolute Gasteiger partial charge is 0.345 e. The second-order valence-corrected chi connectivity index (χ2v) is 7.79. The van der Waals surface area contributed by atoms with Crippen molar-refractivity contribution in [2.24, 2.45) is 0 Å². The van der Waals surface area contributed by atoms with Crippen molar-refractivity contribution in [1.29, 1.82) is 0 Å². The summed E-state index contributed by atoms with van der Waals surface area (Å²) >= 11 is 6.73. The molecule has 1 aliphatic heterocycles. The molecule has 2 aromatic rings. The summed E-state index contributed by atoms with van der Waals surface area (Å²) in [6.07, 6.45) is 1.63. The zero-order chi connectivity index (χ0) is 19.6. The Hall–Kier alpha value is -2.38. The fraction of sp³-hybridized carbons (Fsp3) is 0.263. The molecule has 140 valence electrons. The second-order valence-electron chi connectivity index (χ2n) is 6.25. The van der Waals surface area contributed by atoms with Crippen LogP contribution in [0.5, 0.6) is 5.75 Å². The molecule has 0 N–H and O–H groups in total. The number of imide groups is 1. The topological polar surface area (TPSA) is 76.6 Å². The third-order valence-electron chi connectivity index (χ3n) is 4.01. The third-order valence-corrected chi connectivity index (χ3v) is 5.29. The Bertz CT molecular complexity index is 886. The van der Waals surface area contributed by atoms with E-state index < -0.39 is 11.2 Å². The van der Waals surface area contributed by atoms with Crippen molar-refractivity contribution < 1.29 is 19.1 Å². The van der Waals surface area contributed by atoms with Crippen LogP contribution in [0.3, 0.4) is 0 Å². The van der Waals surface area contributed by atoms with Crippen LogP contribution >= 0.6 is 23.4 Å². The molecule has 0 saturated carbocycles. The predicted molar refractivity (Wildman–Crippen MR) is 103 cm³/mol. The average molecular weight is 405 g/mol. The summed E-state index contributed by atoms with van der Waals surface area (Å²) in [6, 6.07) is 9.80. The maximum Gasteiger partial charge on any atom is 0.345 e. The predicted octanol–water partition coefficient (Wildman–Crippen LogP) is 3.97. The highest BCUT2D eigenvalue weighted by Gasteiger charge is 2.41. The van der Waals surface area contributed by atoms with Gasteiger partial charge in [0.05, 0.1) is 10.8 Å². The molecule has 1 unspecified atom stereocenters. The van der Waals surface area contributed by atoms with E-state index in [4.69, 9.17) is 16.3 Å². The van der Waals surface area contributed by atoms with Crippen LogP contribution in [0.15, 0.2) is 42.6 Å². The summed E-state index contributed by atoms with van der Waals surface area (Å²) in [6.45, 7) is 3.60. The minimum Gasteiger partial charge on any atom is -0.423 e. The highest BCUT2D eigenvalue weighted by molar-refractivity contribution is 8.15. The van der Waals surface area contributed by atoms with Crippen molar-refractivity contribution >= 4 is 40.5 Å².